The van der Waals surface area contributed by atoms with Crippen molar-refractivity contribution in [2.75, 3.05) is 6.26 Å². The Morgan fingerprint density at radius 2 is 2.50 bits per heavy atom. The normalized spacial score (nSPS) is 13.5. The molecule has 1 aromatic heterocycles. The van der Waals surface area contributed by atoms with Gasteiger partial charge in [0.15, 0.2) is 12.2 Å². The molecule has 0 aromatic carbocycles. The molecule has 3 nitrogen and oxygen atoms in total. The molecule has 0 saturated carbocycles. The number of thioether (sulfide) groups is 1. The van der Waals surface area contributed by atoms with Crippen molar-refractivity contribution < 1.29 is 9.52 Å². The molecule has 4 heteroatoms. The van der Waals surface area contributed by atoms with E-state index in [1.165, 1.54) is 18.2 Å². The quantitative estimate of drug-likeness (QED) is 0.663. The highest BCUT2D eigenvalue weighted by molar-refractivity contribution is 7.98. The van der Waals surface area contributed by atoms with E-state index in [9.17, 15) is 0 Å². The largest absolute Gasteiger partial charge is 0.444 e. The molecule has 1 atom stereocenters. The van der Waals surface area contributed by atoms with Crippen LogP contribution in [0, 0.1) is 0 Å². The van der Waals surface area contributed by atoms with E-state index >= 15 is 0 Å². The second-order valence-corrected chi connectivity index (χ2v) is 2.70. The highest BCUT2D eigenvalue weighted by Crippen LogP contribution is 2.23. The smallest absolute Gasteiger partial charge is 0.182 e. The van der Waals surface area contributed by atoms with Crippen LogP contribution in [0.5, 0.6) is 0 Å². The standard InChI is InChI=1S/C6H9NO2S/c1-4(8)5-6(10-2)7-3-9-5/h3-4,8H,1-2H3. The second kappa shape index (κ2) is 3.07. The summed E-state index contributed by atoms with van der Waals surface area (Å²) >= 11 is 1.47. The highest BCUT2D eigenvalue weighted by Gasteiger charge is 2.11. The van der Waals surface area contributed by atoms with E-state index < -0.39 is 6.10 Å². The van der Waals surface area contributed by atoms with Crippen molar-refractivity contribution in [3.63, 3.8) is 0 Å². The first-order chi connectivity index (χ1) is 4.75. The van der Waals surface area contributed by atoms with Crippen molar-refractivity contribution >= 4 is 11.8 Å². The lowest BCUT2D eigenvalue weighted by atomic mass is 10.3. The summed E-state index contributed by atoms with van der Waals surface area (Å²) in [5, 5.41) is 9.84. The number of hydrogen-bond acceptors (Lipinski definition) is 4. The minimum Gasteiger partial charge on any atom is -0.444 e. The van der Waals surface area contributed by atoms with Crippen LogP contribution in [0.15, 0.2) is 15.8 Å². The molecule has 1 heterocycles. The maximum absolute atomic E-state index is 9.08. The zero-order valence-corrected chi connectivity index (χ0v) is 6.68. The Morgan fingerprint density at radius 3 is 2.90 bits per heavy atom. The van der Waals surface area contributed by atoms with Crippen LogP contribution in [-0.4, -0.2) is 16.3 Å². The molecule has 0 spiro atoms. The molecular formula is C6H9NO2S. The summed E-state index contributed by atoms with van der Waals surface area (Å²) in [4.78, 5) is 3.89. The second-order valence-electron chi connectivity index (χ2n) is 1.90. The average molecular weight is 159 g/mol. The number of nitrogens with zero attached hydrogens (tertiary/aromatic N) is 1. The Hall–Kier alpha value is -0.480. The lowest BCUT2D eigenvalue weighted by molar-refractivity contribution is 0.165. The maximum atomic E-state index is 9.08. The summed E-state index contributed by atoms with van der Waals surface area (Å²) in [5.74, 6) is 0.549. The Morgan fingerprint density at radius 1 is 1.80 bits per heavy atom. The minimum atomic E-state index is -0.565. The zero-order chi connectivity index (χ0) is 7.56. The van der Waals surface area contributed by atoms with Crippen molar-refractivity contribution in [3.05, 3.63) is 12.2 Å². The minimum absolute atomic E-state index is 0.549. The zero-order valence-electron chi connectivity index (χ0n) is 5.87. The number of oxazole rings is 1. The Kier molecular flexibility index (Phi) is 2.34. The molecule has 0 aliphatic rings. The third-order valence-electron chi connectivity index (χ3n) is 1.13. The highest BCUT2D eigenvalue weighted by atomic mass is 32.2. The van der Waals surface area contributed by atoms with Gasteiger partial charge in [-0.1, -0.05) is 0 Å². The van der Waals surface area contributed by atoms with E-state index in [4.69, 9.17) is 9.52 Å². The summed E-state index contributed by atoms with van der Waals surface area (Å²) in [6.07, 6.45) is 2.67. The lowest BCUT2D eigenvalue weighted by Crippen LogP contribution is -1.89. The van der Waals surface area contributed by atoms with Gasteiger partial charge in [-0.2, -0.15) is 0 Å². The molecule has 0 saturated heterocycles. The van der Waals surface area contributed by atoms with Crippen LogP contribution in [0.4, 0.5) is 0 Å². The van der Waals surface area contributed by atoms with Gasteiger partial charge in [-0.25, -0.2) is 4.98 Å². The molecule has 56 valence electrons. The maximum Gasteiger partial charge on any atom is 0.182 e. The number of hydrogen-bond donors (Lipinski definition) is 1. The monoisotopic (exact) mass is 159 g/mol. The molecule has 1 aromatic rings. The van der Waals surface area contributed by atoms with Crippen LogP contribution in [0.1, 0.15) is 18.8 Å². The number of aliphatic hydroxyl groups is 1. The first kappa shape index (κ1) is 7.63. The van der Waals surface area contributed by atoms with Crippen molar-refractivity contribution in [3.8, 4) is 0 Å². The van der Waals surface area contributed by atoms with Crippen LogP contribution in [0.2, 0.25) is 0 Å². The third kappa shape index (κ3) is 1.33. The van der Waals surface area contributed by atoms with Gasteiger partial charge in [-0.15, -0.1) is 11.8 Å². The van der Waals surface area contributed by atoms with E-state index in [2.05, 4.69) is 4.98 Å². The SMILES string of the molecule is CSc1ncoc1C(C)O. The summed E-state index contributed by atoms with van der Waals surface area (Å²) in [6, 6.07) is 0. The van der Waals surface area contributed by atoms with E-state index in [1.807, 2.05) is 6.26 Å². The van der Waals surface area contributed by atoms with Gasteiger partial charge < -0.3 is 9.52 Å². The Labute approximate surface area is 63.5 Å². The Bertz CT molecular complexity index is 209. The number of aromatic nitrogens is 1. The first-order valence-electron chi connectivity index (χ1n) is 2.91. The van der Waals surface area contributed by atoms with Gasteiger partial charge >= 0.3 is 0 Å². The number of aliphatic hydroxyl groups excluding tert-OH is 1. The average Bonchev–Trinajstić information content (AvgIpc) is 2.33. The molecule has 0 fully saturated rings. The first-order valence-corrected chi connectivity index (χ1v) is 4.13. The van der Waals surface area contributed by atoms with E-state index in [0.29, 0.717) is 5.76 Å². The summed E-state index contributed by atoms with van der Waals surface area (Å²) in [7, 11) is 0. The lowest BCUT2D eigenvalue weighted by Gasteiger charge is -1.98. The van der Waals surface area contributed by atoms with Crippen LogP contribution in [-0.2, 0) is 0 Å². The molecule has 1 rings (SSSR count). The van der Waals surface area contributed by atoms with Gasteiger partial charge in [-0.05, 0) is 13.2 Å². The Balaban J connectivity index is 2.90. The van der Waals surface area contributed by atoms with Crippen LogP contribution in [0.25, 0.3) is 0 Å². The van der Waals surface area contributed by atoms with Gasteiger partial charge in [0, 0.05) is 0 Å². The summed E-state index contributed by atoms with van der Waals surface area (Å²) in [6.45, 7) is 1.65. The third-order valence-corrected chi connectivity index (χ3v) is 1.83. The number of rotatable bonds is 2. The summed E-state index contributed by atoms with van der Waals surface area (Å²) < 4.78 is 4.94. The van der Waals surface area contributed by atoms with Gasteiger partial charge in [0.25, 0.3) is 0 Å². The van der Waals surface area contributed by atoms with Gasteiger partial charge in [0.1, 0.15) is 11.1 Å². The van der Waals surface area contributed by atoms with Crippen LogP contribution >= 0.6 is 11.8 Å². The molecule has 0 radical (unpaired) electrons. The molecular weight excluding hydrogens is 150 g/mol. The predicted octanol–water partition coefficient (Wildman–Crippen LogP) is 1.45. The van der Waals surface area contributed by atoms with E-state index in [0.717, 1.165) is 5.03 Å². The molecule has 0 aliphatic carbocycles. The summed E-state index contributed by atoms with van der Waals surface area (Å²) in [5.41, 5.74) is 0. The fourth-order valence-electron chi connectivity index (χ4n) is 0.675. The van der Waals surface area contributed by atoms with Gasteiger partial charge in [0.2, 0.25) is 0 Å². The van der Waals surface area contributed by atoms with Crippen LogP contribution in [0.3, 0.4) is 0 Å². The van der Waals surface area contributed by atoms with E-state index in [1.54, 1.807) is 6.92 Å². The molecule has 1 N–H and O–H groups in total. The van der Waals surface area contributed by atoms with Crippen LogP contribution < -0.4 is 0 Å². The fraction of sp³-hybridized carbons (Fsp3) is 0.500. The molecule has 10 heavy (non-hydrogen) atoms. The topological polar surface area (TPSA) is 46.3 Å². The van der Waals surface area contributed by atoms with Gasteiger partial charge in [-0.3, -0.25) is 0 Å². The van der Waals surface area contributed by atoms with Crippen molar-refractivity contribution in [1.29, 1.82) is 0 Å². The fourth-order valence-corrected chi connectivity index (χ4v) is 1.24. The predicted molar refractivity (Wildman–Crippen MR) is 38.9 cm³/mol. The molecule has 0 bridgehead atoms. The van der Waals surface area contributed by atoms with Crippen molar-refractivity contribution in [1.82, 2.24) is 4.98 Å². The molecule has 0 amide bonds. The van der Waals surface area contributed by atoms with Crippen molar-refractivity contribution in [2.24, 2.45) is 0 Å². The van der Waals surface area contributed by atoms with Gasteiger partial charge in [0.05, 0.1) is 0 Å². The molecule has 1 unspecified atom stereocenters. The van der Waals surface area contributed by atoms with E-state index in [-0.39, 0.29) is 0 Å². The molecule has 0 aliphatic heterocycles. The van der Waals surface area contributed by atoms with Crippen molar-refractivity contribution in [2.45, 2.75) is 18.1 Å².